The zero-order valence-corrected chi connectivity index (χ0v) is 12.0. The maximum Gasteiger partial charge on any atom is 0.334 e. The van der Waals surface area contributed by atoms with Gasteiger partial charge in [0.2, 0.25) is 0 Å². The smallest absolute Gasteiger partial charge is 0.334 e. The molecule has 0 atom stereocenters. The standard InChI is InChI=1S/C13H19N3O2S/c1-3-18-12(17)10(2)9-19-13-15-14-11-7-5-4-6-8-16(11)13/h2-9H2,1H3. The molecule has 0 bridgehead atoms. The Morgan fingerprint density at radius 3 is 3.05 bits per heavy atom. The van der Waals surface area contributed by atoms with Gasteiger partial charge in [0.15, 0.2) is 5.16 Å². The second-order valence-corrected chi connectivity index (χ2v) is 5.42. The normalized spacial score (nSPS) is 14.6. The van der Waals surface area contributed by atoms with Crippen molar-refractivity contribution in [2.24, 2.45) is 0 Å². The van der Waals surface area contributed by atoms with E-state index in [4.69, 9.17) is 4.74 Å². The molecule has 0 aromatic carbocycles. The fraction of sp³-hybridized carbons (Fsp3) is 0.615. The van der Waals surface area contributed by atoms with Gasteiger partial charge in [0.1, 0.15) is 5.82 Å². The van der Waals surface area contributed by atoms with E-state index in [0.29, 0.717) is 17.9 Å². The van der Waals surface area contributed by atoms with E-state index in [2.05, 4.69) is 21.3 Å². The Kier molecular flexibility index (Phi) is 5.01. The maximum absolute atomic E-state index is 11.5. The Labute approximate surface area is 117 Å². The average Bonchev–Trinajstić information content (AvgIpc) is 2.64. The lowest BCUT2D eigenvalue weighted by Crippen LogP contribution is -2.09. The lowest BCUT2D eigenvalue weighted by Gasteiger charge is -2.07. The number of carbonyl (C=O) groups is 1. The van der Waals surface area contributed by atoms with Crippen molar-refractivity contribution >= 4 is 17.7 Å². The fourth-order valence-corrected chi connectivity index (χ4v) is 2.88. The Morgan fingerprint density at radius 2 is 2.26 bits per heavy atom. The molecule has 1 aromatic heterocycles. The molecule has 0 unspecified atom stereocenters. The van der Waals surface area contributed by atoms with Crippen LogP contribution in [-0.2, 0) is 22.5 Å². The van der Waals surface area contributed by atoms with E-state index >= 15 is 0 Å². The van der Waals surface area contributed by atoms with Crippen molar-refractivity contribution < 1.29 is 9.53 Å². The number of fused-ring (bicyclic) bond motifs is 1. The van der Waals surface area contributed by atoms with E-state index in [1.54, 1.807) is 6.92 Å². The van der Waals surface area contributed by atoms with Crippen LogP contribution in [0.15, 0.2) is 17.3 Å². The molecular formula is C13H19N3O2S. The Hall–Kier alpha value is -1.30. The second-order valence-electron chi connectivity index (χ2n) is 4.47. The number of aromatic nitrogens is 3. The van der Waals surface area contributed by atoms with Gasteiger partial charge in [0.25, 0.3) is 0 Å². The van der Waals surface area contributed by atoms with Crippen LogP contribution < -0.4 is 0 Å². The van der Waals surface area contributed by atoms with Crippen LogP contribution in [0.2, 0.25) is 0 Å². The summed E-state index contributed by atoms with van der Waals surface area (Å²) < 4.78 is 7.07. The number of hydrogen-bond acceptors (Lipinski definition) is 5. The molecule has 0 fully saturated rings. The minimum atomic E-state index is -0.328. The molecule has 0 spiro atoms. The van der Waals surface area contributed by atoms with E-state index in [9.17, 15) is 4.79 Å². The van der Waals surface area contributed by atoms with Gasteiger partial charge in [-0.15, -0.1) is 10.2 Å². The van der Waals surface area contributed by atoms with E-state index in [-0.39, 0.29) is 5.97 Å². The first-order valence-corrected chi connectivity index (χ1v) is 7.60. The van der Waals surface area contributed by atoms with Crippen molar-refractivity contribution in [2.45, 2.75) is 44.3 Å². The van der Waals surface area contributed by atoms with Gasteiger partial charge in [-0.05, 0) is 19.8 Å². The van der Waals surface area contributed by atoms with Gasteiger partial charge in [0, 0.05) is 24.3 Å². The molecule has 6 heteroatoms. The summed E-state index contributed by atoms with van der Waals surface area (Å²) in [7, 11) is 0. The summed E-state index contributed by atoms with van der Waals surface area (Å²) in [6.45, 7) is 6.89. The molecule has 0 radical (unpaired) electrons. The van der Waals surface area contributed by atoms with E-state index in [1.807, 2.05) is 0 Å². The molecule has 19 heavy (non-hydrogen) atoms. The molecule has 0 saturated heterocycles. The number of nitrogens with zero attached hydrogens (tertiary/aromatic N) is 3. The third kappa shape index (κ3) is 3.59. The van der Waals surface area contributed by atoms with Gasteiger partial charge >= 0.3 is 5.97 Å². The van der Waals surface area contributed by atoms with Crippen molar-refractivity contribution in [3.05, 3.63) is 18.0 Å². The molecule has 0 aliphatic carbocycles. The van der Waals surface area contributed by atoms with Crippen molar-refractivity contribution in [3.8, 4) is 0 Å². The van der Waals surface area contributed by atoms with Gasteiger partial charge < -0.3 is 9.30 Å². The number of esters is 1. The Morgan fingerprint density at radius 1 is 1.42 bits per heavy atom. The number of rotatable bonds is 5. The monoisotopic (exact) mass is 281 g/mol. The topological polar surface area (TPSA) is 57.0 Å². The first kappa shape index (κ1) is 14.1. The highest BCUT2D eigenvalue weighted by Crippen LogP contribution is 2.23. The first-order chi connectivity index (χ1) is 9.22. The number of aryl methyl sites for hydroxylation is 1. The molecular weight excluding hydrogens is 262 g/mol. The van der Waals surface area contributed by atoms with E-state index in [1.165, 1.54) is 24.6 Å². The largest absolute Gasteiger partial charge is 0.463 e. The Balaban J connectivity index is 1.95. The molecule has 2 heterocycles. The molecule has 1 aromatic rings. The summed E-state index contributed by atoms with van der Waals surface area (Å²) >= 11 is 1.50. The number of carbonyl (C=O) groups excluding carboxylic acids is 1. The van der Waals surface area contributed by atoms with Crippen LogP contribution in [-0.4, -0.2) is 33.1 Å². The fourth-order valence-electron chi connectivity index (χ4n) is 2.01. The quantitative estimate of drug-likeness (QED) is 0.470. The maximum atomic E-state index is 11.5. The average molecular weight is 281 g/mol. The van der Waals surface area contributed by atoms with Crippen LogP contribution in [0.5, 0.6) is 0 Å². The molecule has 2 rings (SSSR count). The summed E-state index contributed by atoms with van der Waals surface area (Å²) in [6, 6.07) is 0. The third-order valence-corrected chi connectivity index (χ3v) is 4.07. The van der Waals surface area contributed by atoms with Crippen molar-refractivity contribution in [2.75, 3.05) is 12.4 Å². The molecule has 0 N–H and O–H groups in total. The minimum Gasteiger partial charge on any atom is -0.463 e. The molecule has 0 saturated carbocycles. The summed E-state index contributed by atoms with van der Waals surface area (Å²) in [6.07, 6.45) is 4.57. The van der Waals surface area contributed by atoms with Crippen LogP contribution in [0.4, 0.5) is 0 Å². The van der Waals surface area contributed by atoms with Gasteiger partial charge in [-0.25, -0.2) is 4.79 Å². The zero-order valence-electron chi connectivity index (χ0n) is 11.2. The number of ether oxygens (including phenoxy) is 1. The highest BCUT2D eigenvalue weighted by atomic mass is 32.2. The van der Waals surface area contributed by atoms with Gasteiger partial charge in [-0.2, -0.15) is 0 Å². The predicted octanol–water partition coefficient (Wildman–Crippen LogP) is 2.22. The minimum absolute atomic E-state index is 0.328. The van der Waals surface area contributed by atoms with E-state index in [0.717, 1.165) is 30.4 Å². The lowest BCUT2D eigenvalue weighted by molar-refractivity contribution is -0.138. The van der Waals surface area contributed by atoms with Crippen molar-refractivity contribution in [1.82, 2.24) is 14.8 Å². The molecule has 5 nitrogen and oxygen atoms in total. The SMILES string of the molecule is C=C(CSc1nnc2n1CCCCC2)C(=O)OCC. The summed E-state index contributed by atoms with van der Waals surface area (Å²) in [5.74, 6) is 1.23. The predicted molar refractivity (Wildman–Crippen MR) is 74.1 cm³/mol. The number of thioether (sulfide) groups is 1. The lowest BCUT2D eigenvalue weighted by atomic mass is 10.2. The number of hydrogen-bond donors (Lipinski definition) is 0. The second kappa shape index (κ2) is 6.75. The molecule has 0 amide bonds. The third-order valence-electron chi connectivity index (χ3n) is 3.02. The summed E-state index contributed by atoms with van der Waals surface area (Å²) in [5.41, 5.74) is 0.470. The van der Waals surface area contributed by atoms with Crippen LogP contribution in [0.3, 0.4) is 0 Å². The van der Waals surface area contributed by atoms with Gasteiger partial charge in [0.05, 0.1) is 6.61 Å². The van der Waals surface area contributed by atoms with Crippen LogP contribution in [0, 0.1) is 0 Å². The van der Waals surface area contributed by atoms with Crippen LogP contribution in [0.1, 0.15) is 32.0 Å². The highest BCUT2D eigenvalue weighted by Gasteiger charge is 2.16. The van der Waals surface area contributed by atoms with Gasteiger partial charge in [-0.1, -0.05) is 24.8 Å². The zero-order chi connectivity index (χ0) is 13.7. The molecule has 1 aliphatic heterocycles. The highest BCUT2D eigenvalue weighted by molar-refractivity contribution is 7.99. The molecule has 1 aliphatic rings. The Bertz CT molecular complexity index is 470. The first-order valence-electron chi connectivity index (χ1n) is 6.62. The van der Waals surface area contributed by atoms with Crippen LogP contribution in [0.25, 0.3) is 0 Å². The van der Waals surface area contributed by atoms with E-state index < -0.39 is 0 Å². The summed E-state index contributed by atoms with van der Waals surface area (Å²) in [4.78, 5) is 11.5. The van der Waals surface area contributed by atoms with Gasteiger partial charge in [-0.3, -0.25) is 0 Å². The van der Waals surface area contributed by atoms with Crippen molar-refractivity contribution in [3.63, 3.8) is 0 Å². The van der Waals surface area contributed by atoms with Crippen LogP contribution >= 0.6 is 11.8 Å². The van der Waals surface area contributed by atoms with Crippen molar-refractivity contribution in [1.29, 1.82) is 0 Å². The molecule has 104 valence electrons. The summed E-state index contributed by atoms with van der Waals surface area (Å²) in [5, 5.41) is 9.30.